The van der Waals surface area contributed by atoms with Crippen molar-refractivity contribution in [1.82, 2.24) is 9.97 Å². The van der Waals surface area contributed by atoms with Gasteiger partial charge in [0.2, 0.25) is 5.95 Å². The molecule has 0 aromatic carbocycles. The molecule has 0 bridgehead atoms. The maximum Gasteiger partial charge on any atom is 0.306 e. The van der Waals surface area contributed by atoms with Crippen LogP contribution in [0, 0.1) is 3.57 Å². The zero-order chi connectivity index (χ0) is 15.0. The van der Waals surface area contributed by atoms with Crippen LogP contribution in [0.25, 0.3) is 0 Å². The molecule has 0 saturated carbocycles. The summed E-state index contributed by atoms with van der Waals surface area (Å²) in [6.07, 6.45) is 2.99. The number of hydrogen-bond acceptors (Lipinski definition) is 6. The molecule has 0 aliphatic carbocycles. The summed E-state index contributed by atoms with van der Waals surface area (Å²) in [5.74, 6) is 0.745. The number of unbranched alkanes of at least 4 members (excludes halogenated alkanes) is 1. The van der Waals surface area contributed by atoms with Crippen molar-refractivity contribution in [2.24, 2.45) is 0 Å². The van der Waals surface area contributed by atoms with Crippen molar-refractivity contribution in [2.75, 3.05) is 24.2 Å². The Morgan fingerprint density at radius 2 is 2.15 bits per heavy atom. The maximum atomic E-state index is 11.4. The summed E-state index contributed by atoms with van der Waals surface area (Å²) in [6, 6.07) is 0. The molecule has 0 unspecified atom stereocenters. The molecule has 7 heteroatoms. The van der Waals surface area contributed by atoms with E-state index in [0.717, 1.165) is 34.5 Å². The van der Waals surface area contributed by atoms with Gasteiger partial charge in [0.15, 0.2) is 0 Å². The number of esters is 1. The lowest BCUT2D eigenvalue weighted by atomic mass is 10.2. The molecule has 1 aromatic rings. The number of halogens is 1. The molecule has 0 spiro atoms. The van der Waals surface area contributed by atoms with Crippen LogP contribution in [0.4, 0.5) is 11.8 Å². The van der Waals surface area contributed by atoms with Gasteiger partial charge in [-0.1, -0.05) is 13.3 Å². The van der Waals surface area contributed by atoms with Gasteiger partial charge < -0.3 is 15.8 Å². The van der Waals surface area contributed by atoms with E-state index in [-0.39, 0.29) is 11.9 Å². The van der Waals surface area contributed by atoms with Gasteiger partial charge in [0, 0.05) is 13.0 Å². The summed E-state index contributed by atoms with van der Waals surface area (Å²) in [4.78, 5) is 19.8. The molecular formula is C13H21IN4O2. The van der Waals surface area contributed by atoms with Gasteiger partial charge in [0.25, 0.3) is 0 Å². The van der Waals surface area contributed by atoms with E-state index in [1.54, 1.807) is 6.92 Å². The summed E-state index contributed by atoms with van der Waals surface area (Å²) in [6.45, 7) is 5.16. The number of nitrogens with zero attached hydrogens (tertiary/aromatic N) is 2. The van der Waals surface area contributed by atoms with Crippen molar-refractivity contribution in [3.63, 3.8) is 0 Å². The van der Waals surface area contributed by atoms with E-state index in [1.165, 1.54) is 0 Å². The number of nitrogen functional groups attached to an aromatic ring is 1. The molecule has 0 atom stereocenters. The number of hydrogen-bond donors (Lipinski definition) is 2. The molecule has 0 aliphatic heterocycles. The summed E-state index contributed by atoms with van der Waals surface area (Å²) < 4.78 is 5.83. The first-order chi connectivity index (χ1) is 9.58. The lowest BCUT2D eigenvalue weighted by Gasteiger charge is -2.11. The van der Waals surface area contributed by atoms with Gasteiger partial charge in [0.05, 0.1) is 22.3 Å². The van der Waals surface area contributed by atoms with Crippen LogP contribution in [0.1, 0.15) is 38.8 Å². The van der Waals surface area contributed by atoms with Crippen LogP contribution in [0.3, 0.4) is 0 Å². The fourth-order valence-electron chi connectivity index (χ4n) is 1.63. The SMILES string of the molecule is CCCCNc1nc(N)nc(CCC(=O)OCC)c1I. The Hall–Kier alpha value is -1.12. The smallest absolute Gasteiger partial charge is 0.306 e. The van der Waals surface area contributed by atoms with E-state index < -0.39 is 0 Å². The number of nitrogens with one attached hydrogen (secondary N) is 1. The van der Waals surface area contributed by atoms with Crippen LogP contribution in [-0.4, -0.2) is 29.1 Å². The monoisotopic (exact) mass is 392 g/mol. The standard InChI is InChI=1S/C13H21IN4O2/c1-3-5-8-16-12-11(14)9(17-13(15)18-12)6-7-10(19)20-4-2/h3-8H2,1-2H3,(H3,15,16,17,18). The van der Waals surface area contributed by atoms with Crippen molar-refractivity contribution in [1.29, 1.82) is 0 Å². The third-order valence-electron chi connectivity index (χ3n) is 2.63. The molecule has 1 aromatic heterocycles. The second-order valence-corrected chi connectivity index (χ2v) is 5.36. The highest BCUT2D eigenvalue weighted by atomic mass is 127. The number of anilines is 2. The minimum Gasteiger partial charge on any atom is -0.466 e. The molecule has 0 saturated heterocycles. The predicted molar refractivity (Wildman–Crippen MR) is 87.5 cm³/mol. The lowest BCUT2D eigenvalue weighted by Crippen LogP contribution is -2.12. The van der Waals surface area contributed by atoms with E-state index in [9.17, 15) is 4.79 Å². The topological polar surface area (TPSA) is 90.1 Å². The maximum absolute atomic E-state index is 11.4. The molecule has 112 valence electrons. The van der Waals surface area contributed by atoms with Crippen LogP contribution >= 0.6 is 22.6 Å². The molecule has 1 rings (SSSR count). The first-order valence-corrected chi connectivity index (χ1v) is 7.87. The van der Waals surface area contributed by atoms with Gasteiger partial charge >= 0.3 is 5.97 Å². The second-order valence-electron chi connectivity index (χ2n) is 4.28. The van der Waals surface area contributed by atoms with Gasteiger partial charge in [-0.3, -0.25) is 4.79 Å². The normalized spacial score (nSPS) is 10.3. The van der Waals surface area contributed by atoms with Crippen molar-refractivity contribution >= 4 is 40.3 Å². The highest BCUT2D eigenvalue weighted by Gasteiger charge is 2.12. The van der Waals surface area contributed by atoms with Crippen molar-refractivity contribution in [2.45, 2.75) is 39.5 Å². The van der Waals surface area contributed by atoms with Crippen molar-refractivity contribution < 1.29 is 9.53 Å². The third kappa shape index (κ3) is 5.48. The minimum atomic E-state index is -0.221. The summed E-state index contributed by atoms with van der Waals surface area (Å²) in [5.41, 5.74) is 6.50. The highest BCUT2D eigenvalue weighted by Crippen LogP contribution is 2.21. The molecule has 3 N–H and O–H groups in total. The molecule has 0 amide bonds. The molecular weight excluding hydrogens is 371 g/mol. The van der Waals surface area contributed by atoms with Gasteiger partial charge in [-0.25, -0.2) is 4.98 Å². The number of aromatic nitrogens is 2. The van der Waals surface area contributed by atoms with Crippen LogP contribution in [0.15, 0.2) is 0 Å². The molecule has 20 heavy (non-hydrogen) atoms. The Morgan fingerprint density at radius 1 is 1.40 bits per heavy atom. The average molecular weight is 392 g/mol. The zero-order valence-electron chi connectivity index (χ0n) is 11.9. The number of ether oxygens (including phenoxy) is 1. The Kier molecular flexibility index (Phi) is 7.56. The largest absolute Gasteiger partial charge is 0.466 e. The van der Waals surface area contributed by atoms with E-state index in [1.807, 2.05) is 0 Å². The highest BCUT2D eigenvalue weighted by molar-refractivity contribution is 14.1. The van der Waals surface area contributed by atoms with Gasteiger partial charge in [-0.2, -0.15) is 4.98 Å². The van der Waals surface area contributed by atoms with Crippen molar-refractivity contribution in [3.8, 4) is 0 Å². The minimum absolute atomic E-state index is 0.221. The quantitative estimate of drug-likeness (QED) is 0.401. The summed E-state index contributed by atoms with van der Waals surface area (Å²) >= 11 is 2.18. The summed E-state index contributed by atoms with van der Waals surface area (Å²) in [7, 11) is 0. The first-order valence-electron chi connectivity index (χ1n) is 6.79. The predicted octanol–water partition coefficient (Wildman–Crippen LogP) is 2.37. The van der Waals surface area contributed by atoms with E-state index in [4.69, 9.17) is 10.5 Å². The van der Waals surface area contributed by atoms with E-state index in [0.29, 0.717) is 19.4 Å². The second kappa shape index (κ2) is 8.93. The lowest BCUT2D eigenvalue weighted by molar-refractivity contribution is -0.143. The zero-order valence-corrected chi connectivity index (χ0v) is 14.1. The fourth-order valence-corrected chi connectivity index (χ4v) is 2.33. The molecule has 1 heterocycles. The first kappa shape index (κ1) is 16.9. The van der Waals surface area contributed by atoms with Crippen LogP contribution in [0.2, 0.25) is 0 Å². The average Bonchev–Trinajstić information content (AvgIpc) is 2.41. The third-order valence-corrected chi connectivity index (χ3v) is 3.76. The number of nitrogens with two attached hydrogens (primary N) is 1. The Bertz CT molecular complexity index is 454. The van der Waals surface area contributed by atoms with Gasteiger partial charge in [-0.05, 0) is 35.9 Å². The van der Waals surface area contributed by atoms with Crippen LogP contribution in [-0.2, 0) is 16.0 Å². The fraction of sp³-hybridized carbons (Fsp3) is 0.615. The molecule has 0 fully saturated rings. The number of carbonyl (C=O) groups is 1. The van der Waals surface area contributed by atoms with Crippen LogP contribution < -0.4 is 11.1 Å². The number of aryl methyl sites for hydroxylation is 1. The Morgan fingerprint density at radius 3 is 2.80 bits per heavy atom. The van der Waals surface area contributed by atoms with Gasteiger partial charge in [0.1, 0.15) is 5.82 Å². The number of rotatable bonds is 8. The molecule has 6 nitrogen and oxygen atoms in total. The Balaban J connectivity index is 2.72. The Labute approximate surface area is 133 Å². The van der Waals surface area contributed by atoms with Crippen molar-refractivity contribution in [3.05, 3.63) is 9.26 Å². The van der Waals surface area contributed by atoms with E-state index >= 15 is 0 Å². The summed E-state index contributed by atoms with van der Waals surface area (Å²) in [5, 5.41) is 3.25. The number of carbonyl (C=O) groups excluding carboxylic acids is 1. The molecule has 0 aliphatic rings. The van der Waals surface area contributed by atoms with Crippen LogP contribution in [0.5, 0.6) is 0 Å². The van der Waals surface area contributed by atoms with Gasteiger partial charge in [-0.15, -0.1) is 0 Å². The van der Waals surface area contributed by atoms with E-state index in [2.05, 4.69) is 44.8 Å². The molecule has 0 radical (unpaired) electrons.